The summed E-state index contributed by atoms with van der Waals surface area (Å²) in [6, 6.07) is 0.771. The highest BCUT2D eigenvalue weighted by atomic mass is 16.6. The molecule has 1 heterocycles. The molecular formula is C12H13N3O5. The third-order valence-corrected chi connectivity index (χ3v) is 3.22. The van der Waals surface area contributed by atoms with Crippen LogP contribution in [0.2, 0.25) is 0 Å². The maximum absolute atomic E-state index is 12.0. The van der Waals surface area contributed by atoms with Gasteiger partial charge in [0.25, 0.3) is 11.6 Å². The molecule has 0 saturated heterocycles. The predicted octanol–water partition coefficient (Wildman–Crippen LogP) is 1.22. The first kappa shape index (κ1) is 13.9. The molecule has 0 aromatic carbocycles. The van der Waals surface area contributed by atoms with Gasteiger partial charge < -0.3 is 10.4 Å². The first-order valence-corrected chi connectivity index (χ1v) is 6.08. The fraction of sp³-hybridized carbons (Fsp3) is 0.417. The molecule has 20 heavy (non-hydrogen) atoms. The number of carboxylic acids is 1. The van der Waals surface area contributed by atoms with Crippen LogP contribution in [-0.2, 0) is 0 Å². The van der Waals surface area contributed by atoms with Crippen LogP contribution in [0.25, 0.3) is 0 Å². The van der Waals surface area contributed by atoms with Gasteiger partial charge in [-0.3, -0.25) is 14.9 Å². The van der Waals surface area contributed by atoms with Crippen molar-refractivity contribution in [3.8, 4) is 0 Å². The van der Waals surface area contributed by atoms with Crippen molar-refractivity contribution in [3.05, 3.63) is 33.6 Å². The number of amides is 1. The van der Waals surface area contributed by atoms with Crippen LogP contribution >= 0.6 is 0 Å². The topological polar surface area (TPSA) is 122 Å². The summed E-state index contributed by atoms with van der Waals surface area (Å²) in [7, 11) is 0. The van der Waals surface area contributed by atoms with E-state index in [1.807, 2.05) is 6.92 Å². The van der Waals surface area contributed by atoms with Gasteiger partial charge in [-0.25, -0.2) is 9.78 Å². The van der Waals surface area contributed by atoms with Crippen LogP contribution in [0.15, 0.2) is 12.3 Å². The second-order valence-corrected chi connectivity index (χ2v) is 4.75. The summed E-state index contributed by atoms with van der Waals surface area (Å²) >= 11 is 0. The number of hydrogen-bond acceptors (Lipinski definition) is 5. The number of aromatic nitrogens is 1. The fourth-order valence-corrected chi connectivity index (χ4v) is 1.89. The van der Waals surface area contributed by atoms with Gasteiger partial charge >= 0.3 is 5.97 Å². The Morgan fingerprint density at radius 2 is 2.20 bits per heavy atom. The van der Waals surface area contributed by atoms with Crippen molar-refractivity contribution < 1.29 is 19.6 Å². The van der Waals surface area contributed by atoms with Gasteiger partial charge in [-0.15, -0.1) is 0 Å². The van der Waals surface area contributed by atoms with Crippen molar-refractivity contribution in [2.24, 2.45) is 5.92 Å². The lowest BCUT2D eigenvalue weighted by molar-refractivity contribution is -0.385. The van der Waals surface area contributed by atoms with Crippen LogP contribution in [-0.4, -0.2) is 32.9 Å². The lowest BCUT2D eigenvalue weighted by Gasteiger charge is -2.13. The molecule has 1 aliphatic carbocycles. The van der Waals surface area contributed by atoms with E-state index in [9.17, 15) is 19.7 Å². The zero-order valence-electron chi connectivity index (χ0n) is 10.7. The number of nitrogens with zero attached hydrogens (tertiary/aromatic N) is 2. The second-order valence-electron chi connectivity index (χ2n) is 4.75. The standard InChI is InChI=1S/C12H13N3O5/c1-6(7-2-3-7)14-11(16)10-9(12(17)18)4-8(5-13-10)15(19)20/h4-7H,2-3H2,1H3,(H,14,16)(H,17,18). The van der Waals surface area contributed by atoms with Gasteiger partial charge in [-0.05, 0) is 25.7 Å². The van der Waals surface area contributed by atoms with E-state index in [-0.39, 0.29) is 11.7 Å². The van der Waals surface area contributed by atoms with Crippen LogP contribution in [0, 0.1) is 16.0 Å². The van der Waals surface area contributed by atoms with Crippen molar-refractivity contribution in [1.82, 2.24) is 10.3 Å². The van der Waals surface area contributed by atoms with E-state index in [0.29, 0.717) is 5.92 Å². The number of hydrogen-bond donors (Lipinski definition) is 2. The first-order chi connectivity index (χ1) is 9.40. The van der Waals surface area contributed by atoms with E-state index in [1.54, 1.807) is 0 Å². The van der Waals surface area contributed by atoms with Crippen LogP contribution in [0.4, 0.5) is 5.69 Å². The highest BCUT2D eigenvalue weighted by Crippen LogP contribution is 2.32. The average Bonchev–Trinajstić information content (AvgIpc) is 3.21. The zero-order chi connectivity index (χ0) is 14.9. The molecule has 2 N–H and O–H groups in total. The molecule has 1 aliphatic rings. The summed E-state index contributed by atoms with van der Waals surface area (Å²) in [5.74, 6) is -1.65. The molecular weight excluding hydrogens is 266 g/mol. The van der Waals surface area contributed by atoms with Crippen molar-refractivity contribution in [2.75, 3.05) is 0 Å². The van der Waals surface area contributed by atoms with Gasteiger partial charge in [-0.1, -0.05) is 0 Å². The molecule has 0 aliphatic heterocycles. The number of carbonyl (C=O) groups is 2. The Morgan fingerprint density at radius 3 is 2.70 bits per heavy atom. The quantitative estimate of drug-likeness (QED) is 0.617. The molecule has 1 fully saturated rings. The molecule has 8 heteroatoms. The smallest absolute Gasteiger partial charge is 0.338 e. The van der Waals surface area contributed by atoms with E-state index in [0.717, 1.165) is 25.1 Å². The van der Waals surface area contributed by atoms with Gasteiger partial charge in [0, 0.05) is 12.1 Å². The normalized spacial score (nSPS) is 15.4. The second kappa shape index (κ2) is 5.24. The van der Waals surface area contributed by atoms with Gasteiger partial charge in [0.15, 0.2) is 0 Å². The Bertz CT molecular complexity index is 582. The molecule has 1 aromatic heterocycles. The van der Waals surface area contributed by atoms with E-state index in [4.69, 9.17) is 5.11 Å². The highest BCUT2D eigenvalue weighted by molar-refractivity contribution is 6.03. The van der Waals surface area contributed by atoms with Crippen LogP contribution < -0.4 is 5.32 Å². The summed E-state index contributed by atoms with van der Waals surface area (Å²) in [4.78, 5) is 36.5. The largest absolute Gasteiger partial charge is 0.478 e. The minimum Gasteiger partial charge on any atom is -0.478 e. The lowest BCUT2D eigenvalue weighted by atomic mass is 10.1. The molecule has 1 amide bonds. The Balaban J connectivity index is 2.27. The van der Waals surface area contributed by atoms with Crippen molar-refractivity contribution in [3.63, 3.8) is 0 Å². The Kier molecular flexibility index (Phi) is 3.64. The molecule has 106 valence electrons. The van der Waals surface area contributed by atoms with Gasteiger partial charge in [-0.2, -0.15) is 0 Å². The lowest BCUT2D eigenvalue weighted by Crippen LogP contribution is -2.35. The predicted molar refractivity (Wildman–Crippen MR) is 67.5 cm³/mol. The summed E-state index contributed by atoms with van der Waals surface area (Å²) in [6.45, 7) is 1.83. The minimum atomic E-state index is -1.43. The molecule has 0 bridgehead atoms. The molecule has 1 aromatic rings. The monoisotopic (exact) mass is 279 g/mol. The van der Waals surface area contributed by atoms with Gasteiger partial charge in [0.2, 0.25) is 0 Å². The fourth-order valence-electron chi connectivity index (χ4n) is 1.89. The van der Waals surface area contributed by atoms with Crippen molar-refractivity contribution in [1.29, 1.82) is 0 Å². The summed E-state index contributed by atoms with van der Waals surface area (Å²) < 4.78 is 0. The molecule has 0 spiro atoms. The van der Waals surface area contributed by atoms with Crippen molar-refractivity contribution in [2.45, 2.75) is 25.8 Å². The van der Waals surface area contributed by atoms with E-state index < -0.39 is 28.1 Å². The number of aromatic carboxylic acids is 1. The van der Waals surface area contributed by atoms with E-state index in [2.05, 4.69) is 10.3 Å². The number of nitro groups is 1. The maximum Gasteiger partial charge on any atom is 0.338 e. The third kappa shape index (κ3) is 2.90. The zero-order valence-corrected chi connectivity index (χ0v) is 10.7. The average molecular weight is 279 g/mol. The number of rotatable bonds is 5. The molecule has 2 rings (SSSR count). The third-order valence-electron chi connectivity index (χ3n) is 3.22. The Morgan fingerprint density at radius 1 is 1.55 bits per heavy atom. The minimum absolute atomic E-state index is 0.0684. The van der Waals surface area contributed by atoms with Gasteiger partial charge in [0.1, 0.15) is 11.9 Å². The molecule has 1 saturated carbocycles. The van der Waals surface area contributed by atoms with Crippen molar-refractivity contribution >= 4 is 17.6 Å². The van der Waals surface area contributed by atoms with Crippen LogP contribution in [0.5, 0.6) is 0 Å². The van der Waals surface area contributed by atoms with Crippen LogP contribution in [0.1, 0.15) is 40.6 Å². The number of carbonyl (C=O) groups excluding carboxylic acids is 1. The van der Waals surface area contributed by atoms with E-state index >= 15 is 0 Å². The maximum atomic E-state index is 12.0. The summed E-state index contributed by atoms with van der Waals surface area (Å²) in [5, 5.41) is 22.3. The number of pyridine rings is 1. The molecule has 1 atom stereocenters. The molecule has 0 radical (unpaired) electrons. The van der Waals surface area contributed by atoms with Gasteiger partial charge in [0.05, 0.1) is 10.5 Å². The van der Waals surface area contributed by atoms with E-state index in [1.165, 1.54) is 0 Å². The van der Waals surface area contributed by atoms with Crippen LogP contribution in [0.3, 0.4) is 0 Å². The molecule has 8 nitrogen and oxygen atoms in total. The molecule has 1 unspecified atom stereocenters. The Labute approximate surface area is 114 Å². The summed E-state index contributed by atoms with van der Waals surface area (Å²) in [6.07, 6.45) is 2.94. The number of carboxylic acid groups (broad SMARTS) is 1. The Hall–Kier alpha value is -2.51. The first-order valence-electron chi connectivity index (χ1n) is 6.08. The SMILES string of the molecule is CC(NC(=O)c1ncc([N+](=O)[O-])cc1C(=O)O)C1CC1. The number of nitrogens with one attached hydrogen (secondary N) is 1. The highest BCUT2D eigenvalue weighted by Gasteiger charge is 2.30. The summed E-state index contributed by atoms with van der Waals surface area (Å²) in [5.41, 5.74) is -1.25.